The Hall–Kier alpha value is -1.35. The first kappa shape index (κ1) is 9.21. The van der Waals surface area contributed by atoms with Crippen LogP contribution >= 0.6 is 11.3 Å². The summed E-state index contributed by atoms with van der Waals surface area (Å²) in [4.78, 5) is 11.9. The van der Waals surface area contributed by atoms with E-state index in [2.05, 4.69) is 0 Å². The van der Waals surface area contributed by atoms with E-state index in [9.17, 15) is 4.79 Å². The fraction of sp³-hybridized carbons (Fsp3) is 0.182. The summed E-state index contributed by atoms with van der Waals surface area (Å²) in [7, 11) is 0. The van der Waals surface area contributed by atoms with Gasteiger partial charge in [-0.2, -0.15) is 11.3 Å². The van der Waals surface area contributed by atoms with E-state index in [0.717, 1.165) is 11.3 Å². The van der Waals surface area contributed by atoms with Crippen molar-refractivity contribution >= 4 is 17.1 Å². The second kappa shape index (κ2) is 3.42. The van der Waals surface area contributed by atoms with Gasteiger partial charge in [0.05, 0.1) is 5.56 Å². The molecule has 2 aromatic rings. The lowest BCUT2D eigenvalue weighted by Crippen LogP contribution is -1.99. The lowest BCUT2D eigenvalue weighted by molar-refractivity contribution is 0.103. The largest absolute Gasteiger partial charge is 0.466 e. The van der Waals surface area contributed by atoms with Crippen molar-refractivity contribution in [3.8, 4) is 0 Å². The minimum absolute atomic E-state index is 0.0422. The fourth-order valence-electron chi connectivity index (χ4n) is 1.41. The van der Waals surface area contributed by atoms with Crippen LogP contribution in [0.2, 0.25) is 0 Å². The molecule has 0 aliphatic rings. The predicted molar refractivity (Wildman–Crippen MR) is 55.9 cm³/mol. The van der Waals surface area contributed by atoms with E-state index in [1.165, 1.54) is 11.3 Å². The normalized spacial score (nSPS) is 10.4. The topological polar surface area (TPSA) is 30.2 Å². The molecule has 2 nitrogen and oxygen atoms in total. The molecule has 0 aliphatic heterocycles. The number of ketones is 1. The Bertz CT molecular complexity index is 452. The monoisotopic (exact) mass is 206 g/mol. The van der Waals surface area contributed by atoms with Gasteiger partial charge >= 0.3 is 0 Å². The van der Waals surface area contributed by atoms with Gasteiger partial charge in [0, 0.05) is 10.9 Å². The van der Waals surface area contributed by atoms with Crippen LogP contribution in [0.3, 0.4) is 0 Å². The Morgan fingerprint density at radius 3 is 2.71 bits per heavy atom. The lowest BCUT2D eigenvalue weighted by Gasteiger charge is -1.93. The summed E-state index contributed by atoms with van der Waals surface area (Å²) >= 11 is 1.52. The molecule has 2 rings (SSSR count). The molecule has 0 atom stereocenters. The molecule has 0 aliphatic carbocycles. The van der Waals surface area contributed by atoms with Gasteiger partial charge in [-0.15, -0.1) is 0 Å². The maximum atomic E-state index is 11.9. The molecule has 14 heavy (non-hydrogen) atoms. The number of aryl methyl sites for hydroxylation is 2. The van der Waals surface area contributed by atoms with Crippen LogP contribution in [0.4, 0.5) is 0 Å². The third kappa shape index (κ3) is 1.51. The minimum atomic E-state index is 0.0422. The van der Waals surface area contributed by atoms with Gasteiger partial charge in [-0.25, -0.2) is 0 Å². The van der Waals surface area contributed by atoms with Crippen molar-refractivity contribution in [2.24, 2.45) is 0 Å². The third-order valence-corrected chi connectivity index (χ3v) is 2.75. The number of furan rings is 1. The smallest absolute Gasteiger partial charge is 0.197 e. The summed E-state index contributed by atoms with van der Waals surface area (Å²) in [5.74, 6) is 1.51. The van der Waals surface area contributed by atoms with Crippen LogP contribution < -0.4 is 0 Å². The van der Waals surface area contributed by atoms with Gasteiger partial charge in [0.1, 0.15) is 11.5 Å². The second-order valence-corrected chi connectivity index (χ2v) is 3.95. The van der Waals surface area contributed by atoms with Crippen LogP contribution in [0.25, 0.3) is 0 Å². The Balaban J connectivity index is 2.41. The highest BCUT2D eigenvalue weighted by atomic mass is 32.1. The zero-order valence-electron chi connectivity index (χ0n) is 8.03. The van der Waals surface area contributed by atoms with E-state index in [1.54, 1.807) is 6.07 Å². The average Bonchev–Trinajstić information content (AvgIpc) is 2.73. The molecule has 0 N–H and O–H groups in total. The van der Waals surface area contributed by atoms with Crippen LogP contribution in [0, 0.1) is 13.8 Å². The Labute approximate surface area is 86.2 Å². The average molecular weight is 206 g/mol. The van der Waals surface area contributed by atoms with Gasteiger partial charge in [0.15, 0.2) is 5.78 Å². The molecule has 0 amide bonds. The molecule has 0 saturated heterocycles. The lowest BCUT2D eigenvalue weighted by atomic mass is 10.1. The first-order valence-electron chi connectivity index (χ1n) is 4.32. The maximum Gasteiger partial charge on any atom is 0.197 e. The van der Waals surface area contributed by atoms with Crippen LogP contribution in [0.15, 0.2) is 27.3 Å². The van der Waals surface area contributed by atoms with Gasteiger partial charge in [0.25, 0.3) is 0 Å². The van der Waals surface area contributed by atoms with E-state index in [0.29, 0.717) is 11.3 Å². The zero-order chi connectivity index (χ0) is 10.1. The van der Waals surface area contributed by atoms with E-state index < -0.39 is 0 Å². The predicted octanol–water partition coefficient (Wildman–Crippen LogP) is 3.19. The van der Waals surface area contributed by atoms with Crippen molar-refractivity contribution in [3.63, 3.8) is 0 Å². The molecule has 72 valence electrons. The number of thiophene rings is 1. The molecule has 0 fully saturated rings. The van der Waals surface area contributed by atoms with Crippen molar-refractivity contribution in [1.29, 1.82) is 0 Å². The summed E-state index contributed by atoms with van der Waals surface area (Å²) in [6.07, 6.45) is 0. The van der Waals surface area contributed by atoms with E-state index in [-0.39, 0.29) is 5.78 Å². The number of rotatable bonds is 2. The van der Waals surface area contributed by atoms with Crippen molar-refractivity contribution in [3.05, 3.63) is 45.5 Å². The molecule has 0 radical (unpaired) electrons. The van der Waals surface area contributed by atoms with Crippen LogP contribution in [0.1, 0.15) is 27.4 Å². The van der Waals surface area contributed by atoms with Gasteiger partial charge in [-0.3, -0.25) is 4.79 Å². The van der Waals surface area contributed by atoms with Crippen LogP contribution in [0.5, 0.6) is 0 Å². The first-order valence-corrected chi connectivity index (χ1v) is 5.26. The van der Waals surface area contributed by atoms with Crippen molar-refractivity contribution in [1.82, 2.24) is 0 Å². The van der Waals surface area contributed by atoms with Crippen molar-refractivity contribution in [2.45, 2.75) is 13.8 Å². The molecule has 3 heteroatoms. The highest BCUT2D eigenvalue weighted by Gasteiger charge is 2.15. The molecule has 0 bridgehead atoms. The van der Waals surface area contributed by atoms with E-state index in [4.69, 9.17) is 4.42 Å². The van der Waals surface area contributed by atoms with Crippen LogP contribution in [-0.4, -0.2) is 5.78 Å². The summed E-state index contributed by atoms with van der Waals surface area (Å²) in [6.45, 7) is 3.66. The standard InChI is InChI=1S/C11H10O2S/c1-7-5-10(8(2)13-7)11(12)9-3-4-14-6-9/h3-6H,1-2H3. The summed E-state index contributed by atoms with van der Waals surface area (Å²) in [6, 6.07) is 3.62. The molecule has 2 aromatic heterocycles. The molecule has 0 spiro atoms. The van der Waals surface area contributed by atoms with Crippen molar-refractivity contribution < 1.29 is 9.21 Å². The molecule has 2 heterocycles. The quantitative estimate of drug-likeness (QED) is 0.706. The summed E-state index contributed by atoms with van der Waals surface area (Å²) in [5.41, 5.74) is 1.40. The number of hydrogen-bond acceptors (Lipinski definition) is 3. The number of hydrogen-bond donors (Lipinski definition) is 0. The van der Waals surface area contributed by atoms with Gasteiger partial charge in [0.2, 0.25) is 0 Å². The Kier molecular flexibility index (Phi) is 2.25. The van der Waals surface area contributed by atoms with Crippen LogP contribution in [-0.2, 0) is 0 Å². The number of carbonyl (C=O) groups is 1. The molecular weight excluding hydrogens is 196 g/mol. The Morgan fingerprint density at radius 1 is 1.43 bits per heavy atom. The Morgan fingerprint density at radius 2 is 2.21 bits per heavy atom. The third-order valence-electron chi connectivity index (χ3n) is 2.07. The minimum Gasteiger partial charge on any atom is -0.466 e. The van der Waals surface area contributed by atoms with E-state index >= 15 is 0 Å². The highest BCUT2D eigenvalue weighted by molar-refractivity contribution is 7.08. The molecule has 0 saturated carbocycles. The fourth-order valence-corrected chi connectivity index (χ4v) is 2.04. The van der Waals surface area contributed by atoms with Crippen molar-refractivity contribution in [2.75, 3.05) is 0 Å². The van der Waals surface area contributed by atoms with Gasteiger partial charge in [-0.1, -0.05) is 0 Å². The summed E-state index contributed by atoms with van der Waals surface area (Å²) in [5, 5.41) is 3.75. The summed E-state index contributed by atoms with van der Waals surface area (Å²) < 4.78 is 5.32. The number of carbonyl (C=O) groups excluding carboxylic acids is 1. The maximum absolute atomic E-state index is 11.9. The van der Waals surface area contributed by atoms with E-state index in [1.807, 2.05) is 30.7 Å². The first-order chi connectivity index (χ1) is 6.68. The molecular formula is C11H10O2S. The zero-order valence-corrected chi connectivity index (χ0v) is 8.85. The SMILES string of the molecule is Cc1cc(C(=O)c2ccsc2)c(C)o1. The highest BCUT2D eigenvalue weighted by Crippen LogP contribution is 2.19. The molecule has 0 aromatic carbocycles. The van der Waals surface area contributed by atoms with Gasteiger partial charge < -0.3 is 4.42 Å². The molecule has 0 unspecified atom stereocenters. The van der Waals surface area contributed by atoms with Gasteiger partial charge in [-0.05, 0) is 31.4 Å². The second-order valence-electron chi connectivity index (χ2n) is 3.17.